The Bertz CT molecular complexity index is 1090. The Labute approximate surface area is 179 Å². The van der Waals surface area contributed by atoms with Gasteiger partial charge in [0.2, 0.25) is 5.91 Å². The molecule has 1 aliphatic rings. The Hall–Kier alpha value is -3.55. The number of carbonyl (C=O) groups excluding carboxylic acids is 2. The van der Waals surface area contributed by atoms with E-state index in [0.29, 0.717) is 30.0 Å². The molecule has 2 amide bonds. The molecule has 1 saturated carbocycles. The van der Waals surface area contributed by atoms with Crippen molar-refractivity contribution in [2.24, 2.45) is 5.92 Å². The number of benzene rings is 1. The first-order valence-corrected chi connectivity index (χ1v) is 10.4. The highest BCUT2D eigenvalue weighted by Crippen LogP contribution is 2.26. The third kappa shape index (κ3) is 4.96. The minimum Gasteiger partial charge on any atom is -0.348 e. The summed E-state index contributed by atoms with van der Waals surface area (Å²) in [5.74, 6) is -0.443. The fourth-order valence-electron chi connectivity index (χ4n) is 3.82. The summed E-state index contributed by atoms with van der Waals surface area (Å²) >= 11 is 0. The number of hydrogen-bond donors (Lipinski definition) is 2. The van der Waals surface area contributed by atoms with E-state index in [0.717, 1.165) is 18.5 Å². The van der Waals surface area contributed by atoms with Crippen LogP contribution in [0.5, 0.6) is 0 Å². The van der Waals surface area contributed by atoms with Crippen LogP contribution in [0, 0.1) is 18.7 Å². The van der Waals surface area contributed by atoms with Crippen LogP contribution < -0.4 is 10.6 Å². The second-order valence-electron chi connectivity index (χ2n) is 7.77. The smallest absolute Gasteiger partial charge is 0.270 e. The van der Waals surface area contributed by atoms with Crippen LogP contribution in [-0.4, -0.2) is 32.6 Å². The molecule has 8 heteroatoms. The summed E-state index contributed by atoms with van der Waals surface area (Å²) in [5.41, 5.74) is 1.53. The highest BCUT2D eigenvalue weighted by atomic mass is 19.1. The number of hydrogen-bond acceptors (Lipinski definition) is 4. The van der Waals surface area contributed by atoms with Gasteiger partial charge in [-0.05, 0) is 56.9 Å². The fourth-order valence-corrected chi connectivity index (χ4v) is 3.82. The molecule has 0 atom stereocenters. The van der Waals surface area contributed by atoms with E-state index >= 15 is 0 Å². The van der Waals surface area contributed by atoms with E-state index in [1.54, 1.807) is 36.5 Å². The average molecular weight is 421 g/mol. The summed E-state index contributed by atoms with van der Waals surface area (Å²) < 4.78 is 15.3. The fraction of sp³-hybridized carbons (Fsp3) is 0.304. The van der Waals surface area contributed by atoms with Crippen LogP contribution in [0.3, 0.4) is 0 Å². The standard InChI is InChI=1S/C23H24FN5O2/c1-15-5-4-7-19(25-15)23(31)26-17-11-9-16(10-12-17)22(30)27-21-13-14-29(28-21)20-8-3-2-6-18(20)24/h2-8,13-14,16-17H,9-12H2,1H3,(H,26,31)(H,27,28,30)/t16-,17+. The van der Waals surface area contributed by atoms with Crippen molar-refractivity contribution in [2.75, 3.05) is 5.32 Å². The summed E-state index contributed by atoms with van der Waals surface area (Å²) in [5, 5.41) is 10.1. The SMILES string of the molecule is Cc1cccc(C(=O)N[C@H]2CC[C@@H](C(=O)Nc3ccn(-c4ccccc4F)n3)CC2)n1. The van der Waals surface area contributed by atoms with E-state index in [-0.39, 0.29) is 29.6 Å². The first-order chi connectivity index (χ1) is 15.0. The molecule has 0 spiro atoms. The lowest BCUT2D eigenvalue weighted by atomic mass is 9.85. The van der Waals surface area contributed by atoms with Crippen molar-refractivity contribution >= 4 is 17.6 Å². The van der Waals surface area contributed by atoms with Crippen LogP contribution in [0.2, 0.25) is 0 Å². The molecule has 0 bridgehead atoms. The molecule has 1 aromatic carbocycles. The van der Waals surface area contributed by atoms with Crippen molar-refractivity contribution in [3.8, 4) is 5.69 Å². The number of carbonyl (C=O) groups is 2. The van der Waals surface area contributed by atoms with Gasteiger partial charge in [-0.25, -0.2) is 14.1 Å². The van der Waals surface area contributed by atoms with Crippen molar-refractivity contribution < 1.29 is 14.0 Å². The molecule has 2 aromatic heterocycles. The van der Waals surface area contributed by atoms with Gasteiger partial charge in [-0.3, -0.25) is 9.59 Å². The molecular formula is C23H24FN5O2. The maximum Gasteiger partial charge on any atom is 0.270 e. The minimum absolute atomic E-state index is 0.0270. The number of nitrogens with one attached hydrogen (secondary N) is 2. The number of aromatic nitrogens is 3. The number of anilines is 1. The van der Waals surface area contributed by atoms with E-state index in [1.165, 1.54) is 10.7 Å². The van der Waals surface area contributed by atoms with Gasteiger partial charge in [-0.1, -0.05) is 18.2 Å². The average Bonchev–Trinajstić information content (AvgIpc) is 3.22. The molecule has 3 aromatic rings. The topological polar surface area (TPSA) is 88.9 Å². The van der Waals surface area contributed by atoms with E-state index in [4.69, 9.17) is 0 Å². The van der Waals surface area contributed by atoms with Gasteiger partial charge in [0.15, 0.2) is 5.82 Å². The Morgan fingerprint density at radius 3 is 2.55 bits per heavy atom. The van der Waals surface area contributed by atoms with Crippen LogP contribution in [0.25, 0.3) is 5.69 Å². The van der Waals surface area contributed by atoms with Crippen molar-refractivity contribution in [1.82, 2.24) is 20.1 Å². The first kappa shape index (κ1) is 20.7. The van der Waals surface area contributed by atoms with Crippen LogP contribution >= 0.6 is 0 Å². The van der Waals surface area contributed by atoms with Crippen molar-refractivity contribution in [3.63, 3.8) is 0 Å². The predicted molar refractivity (Wildman–Crippen MR) is 114 cm³/mol. The molecule has 2 N–H and O–H groups in total. The third-order valence-corrected chi connectivity index (χ3v) is 5.49. The van der Waals surface area contributed by atoms with Gasteiger partial charge >= 0.3 is 0 Å². The molecule has 0 saturated heterocycles. The maximum absolute atomic E-state index is 13.9. The van der Waals surface area contributed by atoms with Crippen LogP contribution in [-0.2, 0) is 4.79 Å². The normalized spacial score (nSPS) is 18.4. The zero-order valence-electron chi connectivity index (χ0n) is 17.2. The Kier molecular flexibility index (Phi) is 6.06. The molecule has 7 nitrogen and oxygen atoms in total. The lowest BCUT2D eigenvalue weighted by Crippen LogP contribution is -2.39. The number of nitrogens with zero attached hydrogens (tertiary/aromatic N) is 3. The van der Waals surface area contributed by atoms with Crippen LogP contribution in [0.1, 0.15) is 41.9 Å². The number of halogens is 1. The van der Waals surface area contributed by atoms with Crippen LogP contribution in [0.4, 0.5) is 10.2 Å². The summed E-state index contributed by atoms with van der Waals surface area (Å²) in [4.78, 5) is 29.3. The molecule has 0 aliphatic heterocycles. The van der Waals surface area contributed by atoms with E-state index in [1.807, 2.05) is 19.1 Å². The highest BCUT2D eigenvalue weighted by molar-refractivity contribution is 5.93. The molecule has 1 aliphatic carbocycles. The van der Waals surface area contributed by atoms with Gasteiger partial charge in [-0.2, -0.15) is 0 Å². The molecule has 31 heavy (non-hydrogen) atoms. The maximum atomic E-state index is 13.9. The van der Waals surface area contributed by atoms with E-state index in [9.17, 15) is 14.0 Å². The van der Waals surface area contributed by atoms with Gasteiger partial charge in [0.1, 0.15) is 17.2 Å². The van der Waals surface area contributed by atoms with Crippen molar-refractivity contribution in [2.45, 2.75) is 38.6 Å². The molecule has 160 valence electrons. The van der Waals surface area contributed by atoms with Crippen molar-refractivity contribution in [3.05, 3.63) is 71.9 Å². The zero-order chi connectivity index (χ0) is 21.8. The van der Waals surface area contributed by atoms with Gasteiger partial charge in [0.05, 0.1) is 0 Å². The predicted octanol–water partition coefficient (Wildman–Crippen LogP) is 3.64. The molecular weight excluding hydrogens is 397 g/mol. The molecule has 0 radical (unpaired) electrons. The second kappa shape index (κ2) is 9.07. The largest absolute Gasteiger partial charge is 0.348 e. The third-order valence-electron chi connectivity index (χ3n) is 5.49. The quantitative estimate of drug-likeness (QED) is 0.658. The number of para-hydroxylation sites is 1. The van der Waals surface area contributed by atoms with Gasteiger partial charge < -0.3 is 10.6 Å². The lowest BCUT2D eigenvalue weighted by Gasteiger charge is -2.28. The van der Waals surface area contributed by atoms with E-state index in [2.05, 4.69) is 20.7 Å². The Morgan fingerprint density at radius 1 is 1.03 bits per heavy atom. The number of aryl methyl sites for hydroxylation is 1. The summed E-state index contributed by atoms with van der Waals surface area (Å²) in [6, 6.07) is 13.3. The lowest BCUT2D eigenvalue weighted by molar-refractivity contribution is -0.120. The van der Waals surface area contributed by atoms with Gasteiger partial charge in [0.25, 0.3) is 5.91 Å². The highest BCUT2D eigenvalue weighted by Gasteiger charge is 2.28. The van der Waals surface area contributed by atoms with Gasteiger partial charge in [0, 0.05) is 29.9 Å². The number of rotatable bonds is 5. The molecule has 4 rings (SSSR count). The Balaban J connectivity index is 1.29. The van der Waals surface area contributed by atoms with Crippen LogP contribution in [0.15, 0.2) is 54.7 Å². The zero-order valence-corrected chi connectivity index (χ0v) is 17.2. The summed E-state index contributed by atoms with van der Waals surface area (Å²) in [6.45, 7) is 1.85. The van der Waals surface area contributed by atoms with Gasteiger partial charge in [-0.15, -0.1) is 5.10 Å². The summed E-state index contributed by atoms with van der Waals surface area (Å²) in [6.07, 6.45) is 4.40. The summed E-state index contributed by atoms with van der Waals surface area (Å²) in [7, 11) is 0. The van der Waals surface area contributed by atoms with Crippen molar-refractivity contribution in [1.29, 1.82) is 0 Å². The monoisotopic (exact) mass is 421 g/mol. The minimum atomic E-state index is -0.385. The number of amides is 2. The molecule has 1 fully saturated rings. The van der Waals surface area contributed by atoms with E-state index < -0.39 is 0 Å². The number of pyridine rings is 1. The first-order valence-electron chi connectivity index (χ1n) is 10.4. The Morgan fingerprint density at radius 2 is 1.81 bits per heavy atom. The second-order valence-corrected chi connectivity index (χ2v) is 7.77. The molecule has 2 heterocycles. The molecule has 0 unspecified atom stereocenters.